The molecule has 100 valence electrons. The molecule has 0 aliphatic rings. The second-order valence-electron chi connectivity index (χ2n) is 3.21. The minimum absolute atomic E-state index is 0.0158. The summed E-state index contributed by atoms with van der Waals surface area (Å²) in [6.45, 7) is 1.57. The molecule has 1 rings (SSSR count). The number of hydrogen-bond acceptors (Lipinski definition) is 6. The maximum Gasteiger partial charge on any atom is 0.341 e. The first-order chi connectivity index (χ1) is 8.46. The van der Waals surface area contributed by atoms with Crippen LogP contribution in [0.5, 0.6) is 5.75 Å². The first kappa shape index (κ1) is 14.5. The van der Waals surface area contributed by atoms with Crippen LogP contribution < -0.4 is 4.74 Å². The Bertz CT molecular complexity index is 534. The Balaban J connectivity index is 3.31. The molecule has 0 N–H and O–H groups in total. The molecule has 0 amide bonds. The lowest BCUT2D eigenvalue weighted by molar-refractivity contribution is 0.0597. The highest BCUT2D eigenvalue weighted by molar-refractivity contribution is 7.86. The van der Waals surface area contributed by atoms with Crippen molar-refractivity contribution in [1.29, 1.82) is 0 Å². The predicted molar refractivity (Wildman–Crippen MR) is 63.1 cm³/mol. The maximum absolute atomic E-state index is 11.7. The van der Waals surface area contributed by atoms with Crippen molar-refractivity contribution in [2.75, 3.05) is 20.8 Å². The molecule has 0 bridgehead atoms. The second kappa shape index (κ2) is 5.83. The molecule has 1 aromatic carbocycles. The Labute approximate surface area is 106 Å². The molecular formula is C11H14O6S. The molecule has 0 spiro atoms. The molecule has 0 saturated heterocycles. The number of esters is 1. The number of benzene rings is 1. The van der Waals surface area contributed by atoms with Crippen LogP contribution in [0.15, 0.2) is 23.1 Å². The monoisotopic (exact) mass is 274 g/mol. The molecular weight excluding hydrogens is 260 g/mol. The SMILES string of the molecule is CCOS(=O)(=O)c1ccc(OC)c(C(=O)OC)c1. The van der Waals surface area contributed by atoms with Crippen molar-refractivity contribution in [3.63, 3.8) is 0 Å². The lowest BCUT2D eigenvalue weighted by Crippen LogP contribution is -2.09. The maximum atomic E-state index is 11.7. The van der Waals surface area contributed by atoms with Gasteiger partial charge in [0.15, 0.2) is 0 Å². The van der Waals surface area contributed by atoms with Gasteiger partial charge in [0.2, 0.25) is 0 Å². The van der Waals surface area contributed by atoms with Crippen molar-refractivity contribution in [3.05, 3.63) is 23.8 Å². The fraction of sp³-hybridized carbons (Fsp3) is 0.364. The molecule has 1 aromatic rings. The number of hydrogen-bond donors (Lipinski definition) is 0. The van der Waals surface area contributed by atoms with Gasteiger partial charge in [-0.3, -0.25) is 4.18 Å². The minimum Gasteiger partial charge on any atom is -0.496 e. The lowest BCUT2D eigenvalue weighted by Gasteiger charge is -2.09. The van der Waals surface area contributed by atoms with Gasteiger partial charge in [-0.05, 0) is 25.1 Å². The molecule has 6 nitrogen and oxygen atoms in total. The largest absolute Gasteiger partial charge is 0.496 e. The summed E-state index contributed by atoms with van der Waals surface area (Å²) >= 11 is 0. The molecule has 0 aromatic heterocycles. The molecule has 0 aliphatic heterocycles. The summed E-state index contributed by atoms with van der Waals surface area (Å²) in [7, 11) is -1.29. The van der Waals surface area contributed by atoms with Gasteiger partial charge >= 0.3 is 5.97 Å². The molecule has 18 heavy (non-hydrogen) atoms. The zero-order valence-corrected chi connectivity index (χ0v) is 11.1. The number of carbonyl (C=O) groups is 1. The lowest BCUT2D eigenvalue weighted by atomic mass is 10.2. The van der Waals surface area contributed by atoms with Crippen molar-refractivity contribution < 1.29 is 26.9 Å². The topological polar surface area (TPSA) is 78.9 Å². The predicted octanol–water partition coefficient (Wildman–Crippen LogP) is 1.21. The van der Waals surface area contributed by atoms with Crippen molar-refractivity contribution in [2.45, 2.75) is 11.8 Å². The summed E-state index contributed by atoms with van der Waals surface area (Å²) in [6.07, 6.45) is 0. The van der Waals surface area contributed by atoms with Crippen molar-refractivity contribution in [1.82, 2.24) is 0 Å². The van der Waals surface area contributed by atoms with E-state index in [-0.39, 0.29) is 22.8 Å². The van der Waals surface area contributed by atoms with Crippen molar-refractivity contribution >= 4 is 16.1 Å². The average Bonchev–Trinajstić information content (AvgIpc) is 2.37. The van der Waals surface area contributed by atoms with E-state index in [2.05, 4.69) is 8.92 Å². The summed E-state index contributed by atoms with van der Waals surface area (Å²) in [5.74, 6) is -0.447. The number of ether oxygens (including phenoxy) is 2. The van der Waals surface area contributed by atoms with Gasteiger partial charge in [0.25, 0.3) is 10.1 Å². The quantitative estimate of drug-likeness (QED) is 0.593. The summed E-state index contributed by atoms with van der Waals surface area (Å²) in [5.41, 5.74) is 0.0285. The van der Waals surface area contributed by atoms with Gasteiger partial charge in [-0.15, -0.1) is 0 Å². The van der Waals surface area contributed by atoms with Gasteiger partial charge < -0.3 is 9.47 Å². The molecule has 0 unspecified atom stereocenters. The van der Waals surface area contributed by atoms with E-state index in [0.717, 1.165) is 6.07 Å². The minimum atomic E-state index is -3.86. The van der Waals surface area contributed by atoms with Crippen LogP contribution in [-0.4, -0.2) is 35.2 Å². The van der Waals surface area contributed by atoms with Crippen LogP contribution in [0, 0.1) is 0 Å². The normalized spacial score (nSPS) is 11.1. The summed E-state index contributed by atoms with van der Waals surface area (Å²) < 4.78 is 37.5. The van der Waals surface area contributed by atoms with Gasteiger partial charge in [-0.1, -0.05) is 0 Å². The van der Waals surface area contributed by atoms with E-state index in [1.165, 1.54) is 26.4 Å². The highest BCUT2D eigenvalue weighted by Gasteiger charge is 2.20. The molecule has 0 atom stereocenters. The van der Waals surface area contributed by atoms with Crippen molar-refractivity contribution in [2.24, 2.45) is 0 Å². The molecule has 0 heterocycles. The first-order valence-electron chi connectivity index (χ1n) is 5.12. The van der Waals surface area contributed by atoms with Crippen LogP contribution in [0.4, 0.5) is 0 Å². The van der Waals surface area contributed by atoms with Crippen LogP contribution >= 0.6 is 0 Å². The second-order valence-corrected chi connectivity index (χ2v) is 4.83. The molecule has 7 heteroatoms. The van der Waals surface area contributed by atoms with E-state index < -0.39 is 16.1 Å². The standard InChI is InChI=1S/C11H14O6S/c1-4-17-18(13,14)8-5-6-10(15-2)9(7-8)11(12)16-3/h5-7H,4H2,1-3H3. The summed E-state index contributed by atoms with van der Waals surface area (Å²) in [5, 5.41) is 0. The van der Waals surface area contributed by atoms with Crippen LogP contribution in [0.2, 0.25) is 0 Å². The average molecular weight is 274 g/mol. The molecule has 0 saturated carbocycles. The van der Waals surface area contributed by atoms with Gasteiger partial charge in [-0.2, -0.15) is 8.42 Å². The van der Waals surface area contributed by atoms with Crippen molar-refractivity contribution in [3.8, 4) is 5.75 Å². The fourth-order valence-electron chi connectivity index (χ4n) is 1.34. The molecule has 0 aliphatic carbocycles. The van der Waals surface area contributed by atoms with Crippen LogP contribution in [0.3, 0.4) is 0 Å². The summed E-state index contributed by atoms with van der Waals surface area (Å²) in [6, 6.07) is 3.84. The Morgan fingerprint density at radius 1 is 1.28 bits per heavy atom. The van der Waals surface area contributed by atoms with Crippen LogP contribution in [0.25, 0.3) is 0 Å². The molecule has 0 fully saturated rings. The number of methoxy groups -OCH3 is 2. The molecule has 0 radical (unpaired) electrons. The van der Waals surface area contributed by atoms with E-state index in [1.807, 2.05) is 0 Å². The van der Waals surface area contributed by atoms with Crippen LogP contribution in [-0.2, 0) is 19.0 Å². The smallest absolute Gasteiger partial charge is 0.341 e. The third-order valence-electron chi connectivity index (χ3n) is 2.14. The van der Waals surface area contributed by atoms with Gasteiger partial charge in [0, 0.05) is 0 Å². The van der Waals surface area contributed by atoms with Gasteiger partial charge in [0.1, 0.15) is 11.3 Å². The number of carbonyl (C=O) groups excluding carboxylic acids is 1. The third kappa shape index (κ3) is 2.99. The zero-order chi connectivity index (χ0) is 13.8. The van der Waals surface area contributed by atoms with E-state index in [1.54, 1.807) is 6.92 Å². The summed E-state index contributed by atoms with van der Waals surface area (Å²) in [4.78, 5) is 11.4. The van der Waals surface area contributed by atoms with E-state index in [4.69, 9.17) is 4.74 Å². The number of rotatable bonds is 5. The Hall–Kier alpha value is -1.60. The fourth-order valence-corrected chi connectivity index (χ4v) is 2.28. The Morgan fingerprint density at radius 3 is 2.44 bits per heavy atom. The highest BCUT2D eigenvalue weighted by atomic mass is 32.2. The van der Waals surface area contributed by atoms with E-state index >= 15 is 0 Å². The Morgan fingerprint density at radius 2 is 1.94 bits per heavy atom. The van der Waals surface area contributed by atoms with Crippen LogP contribution in [0.1, 0.15) is 17.3 Å². The van der Waals surface area contributed by atoms with Gasteiger partial charge in [0.05, 0.1) is 25.7 Å². The third-order valence-corrected chi connectivity index (χ3v) is 3.52. The first-order valence-corrected chi connectivity index (χ1v) is 6.53. The van der Waals surface area contributed by atoms with Gasteiger partial charge in [-0.25, -0.2) is 4.79 Å². The van der Waals surface area contributed by atoms with E-state index in [9.17, 15) is 13.2 Å². The Kier molecular flexibility index (Phi) is 4.69. The zero-order valence-electron chi connectivity index (χ0n) is 10.3. The van der Waals surface area contributed by atoms with E-state index in [0.29, 0.717) is 0 Å². The highest BCUT2D eigenvalue weighted by Crippen LogP contribution is 2.24.